The standard InChI is InChI=1S/C21H13ClFNO2S2/c22-19-13-21(24-20-10-9-17(12-18(19)20)28(23,25)26)14-5-4-8-16(11-14)27-15-6-2-1-3-7-15/h1-13H. The van der Waals surface area contributed by atoms with Crippen molar-refractivity contribution >= 4 is 44.5 Å². The molecule has 0 atom stereocenters. The lowest BCUT2D eigenvalue weighted by atomic mass is 10.1. The fraction of sp³-hybridized carbons (Fsp3) is 0. The van der Waals surface area contributed by atoms with E-state index in [0.717, 1.165) is 15.4 Å². The molecule has 1 aromatic heterocycles. The van der Waals surface area contributed by atoms with Crippen molar-refractivity contribution in [3.63, 3.8) is 0 Å². The van der Waals surface area contributed by atoms with Crippen molar-refractivity contribution in [1.82, 2.24) is 4.98 Å². The number of halogens is 2. The Bertz CT molecular complexity index is 1280. The minimum atomic E-state index is -4.80. The van der Waals surface area contributed by atoms with Gasteiger partial charge in [0.1, 0.15) is 0 Å². The van der Waals surface area contributed by atoms with E-state index in [2.05, 4.69) is 4.98 Å². The Morgan fingerprint density at radius 1 is 0.857 bits per heavy atom. The van der Waals surface area contributed by atoms with E-state index in [-0.39, 0.29) is 0 Å². The molecule has 0 fully saturated rings. The summed E-state index contributed by atoms with van der Waals surface area (Å²) >= 11 is 7.98. The van der Waals surface area contributed by atoms with E-state index in [1.165, 1.54) is 18.2 Å². The number of hydrogen-bond acceptors (Lipinski definition) is 4. The van der Waals surface area contributed by atoms with Crippen molar-refractivity contribution in [2.45, 2.75) is 14.7 Å². The normalized spacial score (nSPS) is 11.6. The van der Waals surface area contributed by atoms with Crippen molar-refractivity contribution in [3.05, 3.63) is 83.9 Å². The molecule has 4 rings (SSSR count). The van der Waals surface area contributed by atoms with Gasteiger partial charge in [0.25, 0.3) is 0 Å². The monoisotopic (exact) mass is 429 g/mol. The predicted octanol–water partition coefficient (Wildman–Crippen LogP) is 6.36. The molecule has 0 spiro atoms. The SMILES string of the molecule is O=S(=O)(F)c1ccc2nc(-c3cccc(Sc4ccccc4)c3)cc(Cl)c2c1. The van der Waals surface area contributed by atoms with Crippen molar-refractivity contribution in [2.75, 3.05) is 0 Å². The Hall–Kier alpha value is -2.41. The van der Waals surface area contributed by atoms with E-state index >= 15 is 0 Å². The van der Waals surface area contributed by atoms with Crippen LogP contribution in [0.5, 0.6) is 0 Å². The van der Waals surface area contributed by atoms with Gasteiger partial charge in [-0.3, -0.25) is 0 Å². The molecule has 3 aromatic carbocycles. The molecular formula is C21H13ClFNO2S2. The Labute approximate surface area is 171 Å². The van der Waals surface area contributed by atoms with Gasteiger partial charge >= 0.3 is 10.2 Å². The Kier molecular flexibility index (Phi) is 5.10. The van der Waals surface area contributed by atoms with Crippen LogP contribution in [0, 0.1) is 0 Å². The second-order valence-electron chi connectivity index (χ2n) is 6.05. The van der Waals surface area contributed by atoms with Gasteiger partial charge in [0.15, 0.2) is 0 Å². The first-order valence-electron chi connectivity index (χ1n) is 8.28. The maximum atomic E-state index is 13.3. The molecular weight excluding hydrogens is 417 g/mol. The van der Waals surface area contributed by atoms with Gasteiger partial charge in [-0.05, 0) is 48.5 Å². The van der Waals surface area contributed by atoms with E-state index in [9.17, 15) is 12.3 Å². The van der Waals surface area contributed by atoms with Crippen LogP contribution in [0.4, 0.5) is 3.89 Å². The third kappa shape index (κ3) is 4.04. The molecule has 7 heteroatoms. The summed E-state index contributed by atoms with van der Waals surface area (Å²) in [6.45, 7) is 0. The summed E-state index contributed by atoms with van der Waals surface area (Å²) in [6.07, 6.45) is 0. The van der Waals surface area contributed by atoms with E-state index in [4.69, 9.17) is 11.6 Å². The lowest BCUT2D eigenvalue weighted by Crippen LogP contribution is -1.93. The van der Waals surface area contributed by atoms with Crippen LogP contribution in [0.1, 0.15) is 0 Å². The Morgan fingerprint density at radius 2 is 1.61 bits per heavy atom. The first kappa shape index (κ1) is 18.9. The highest BCUT2D eigenvalue weighted by atomic mass is 35.5. The van der Waals surface area contributed by atoms with Crippen LogP contribution < -0.4 is 0 Å². The highest BCUT2D eigenvalue weighted by molar-refractivity contribution is 7.99. The van der Waals surface area contributed by atoms with Crippen molar-refractivity contribution in [2.24, 2.45) is 0 Å². The smallest absolute Gasteiger partial charge is 0.248 e. The van der Waals surface area contributed by atoms with Gasteiger partial charge in [0, 0.05) is 20.7 Å². The molecule has 0 radical (unpaired) electrons. The van der Waals surface area contributed by atoms with Gasteiger partial charge < -0.3 is 0 Å². The summed E-state index contributed by atoms with van der Waals surface area (Å²) in [5.41, 5.74) is 2.03. The maximum absolute atomic E-state index is 13.3. The van der Waals surface area contributed by atoms with Crippen LogP contribution in [-0.2, 0) is 10.2 Å². The second kappa shape index (κ2) is 7.54. The number of fused-ring (bicyclic) bond motifs is 1. The first-order chi connectivity index (χ1) is 13.4. The van der Waals surface area contributed by atoms with Crippen LogP contribution in [0.3, 0.4) is 0 Å². The molecule has 4 aromatic rings. The van der Waals surface area contributed by atoms with E-state index in [0.29, 0.717) is 21.6 Å². The van der Waals surface area contributed by atoms with Crippen LogP contribution >= 0.6 is 23.4 Å². The van der Waals surface area contributed by atoms with Crippen molar-refractivity contribution in [3.8, 4) is 11.3 Å². The molecule has 28 heavy (non-hydrogen) atoms. The highest BCUT2D eigenvalue weighted by Crippen LogP contribution is 2.33. The molecule has 0 N–H and O–H groups in total. The molecule has 0 unspecified atom stereocenters. The largest absolute Gasteiger partial charge is 0.332 e. The molecule has 0 saturated carbocycles. The molecule has 0 saturated heterocycles. The van der Waals surface area contributed by atoms with Crippen LogP contribution in [0.25, 0.3) is 22.2 Å². The zero-order valence-electron chi connectivity index (χ0n) is 14.3. The number of benzene rings is 3. The number of pyridine rings is 1. The summed E-state index contributed by atoms with van der Waals surface area (Å²) in [4.78, 5) is 6.32. The fourth-order valence-corrected chi connectivity index (χ4v) is 4.45. The third-order valence-corrected chi connectivity index (χ3v) is 6.25. The molecule has 0 aliphatic heterocycles. The summed E-state index contributed by atoms with van der Waals surface area (Å²) in [6, 6.07) is 23.4. The van der Waals surface area contributed by atoms with E-state index in [1.807, 2.05) is 54.6 Å². The molecule has 3 nitrogen and oxygen atoms in total. The van der Waals surface area contributed by atoms with Gasteiger partial charge in [-0.1, -0.05) is 53.7 Å². The fourth-order valence-electron chi connectivity index (χ4n) is 2.81. The number of nitrogens with zero attached hydrogens (tertiary/aromatic N) is 1. The molecule has 0 bridgehead atoms. The Balaban J connectivity index is 1.74. The van der Waals surface area contributed by atoms with Crippen LogP contribution in [0.2, 0.25) is 5.02 Å². The topological polar surface area (TPSA) is 47.0 Å². The molecule has 0 aliphatic rings. The van der Waals surface area contributed by atoms with Crippen molar-refractivity contribution in [1.29, 1.82) is 0 Å². The van der Waals surface area contributed by atoms with Gasteiger partial charge in [-0.15, -0.1) is 3.89 Å². The lowest BCUT2D eigenvalue weighted by Gasteiger charge is -2.08. The summed E-state index contributed by atoms with van der Waals surface area (Å²) in [7, 11) is -4.80. The molecule has 140 valence electrons. The van der Waals surface area contributed by atoms with Gasteiger partial charge in [-0.25, -0.2) is 4.98 Å². The minimum Gasteiger partial charge on any atom is -0.248 e. The second-order valence-corrected chi connectivity index (χ2v) is 8.95. The van der Waals surface area contributed by atoms with E-state index in [1.54, 1.807) is 17.8 Å². The molecule has 0 aliphatic carbocycles. The van der Waals surface area contributed by atoms with Gasteiger partial charge in [0.2, 0.25) is 0 Å². The summed E-state index contributed by atoms with van der Waals surface area (Å²) in [5, 5.41) is 0.700. The first-order valence-corrected chi connectivity index (χ1v) is 10.9. The average molecular weight is 430 g/mol. The van der Waals surface area contributed by atoms with E-state index < -0.39 is 15.1 Å². The van der Waals surface area contributed by atoms with Crippen LogP contribution in [0.15, 0.2) is 93.5 Å². The lowest BCUT2D eigenvalue weighted by molar-refractivity contribution is 0.552. The quantitative estimate of drug-likeness (QED) is 0.354. The third-order valence-electron chi connectivity index (χ3n) is 4.12. The van der Waals surface area contributed by atoms with Gasteiger partial charge in [0.05, 0.1) is 21.1 Å². The number of aromatic nitrogens is 1. The highest BCUT2D eigenvalue weighted by Gasteiger charge is 2.15. The zero-order chi connectivity index (χ0) is 19.7. The predicted molar refractivity (Wildman–Crippen MR) is 111 cm³/mol. The maximum Gasteiger partial charge on any atom is 0.332 e. The summed E-state index contributed by atoms with van der Waals surface area (Å²) in [5.74, 6) is 0. The molecule has 0 amide bonds. The minimum absolute atomic E-state index is 0.312. The van der Waals surface area contributed by atoms with Gasteiger partial charge in [-0.2, -0.15) is 8.42 Å². The van der Waals surface area contributed by atoms with Crippen molar-refractivity contribution < 1.29 is 12.3 Å². The Morgan fingerprint density at radius 3 is 2.36 bits per heavy atom. The zero-order valence-corrected chi connectivity index (χ0v) is 16.7. The molecule has 1 heterocycles. The number of rotatable bonds is 4. The number of hydrogen-bond donors (Lipinski definition) is 0. The average Bonchev–Trinajstić information content (AvgIpc) is 2.68. The summed E-state index contributed by atoms with van der Waals surface area (Å²) < 4.78 is 35.5. The van der Waals surface area contributed by atoms with Crippen LogP contribution in [-0.4, -0.2) is 13.4 Å².